The van der Waals surface area contributed by atoms with Crippen molar-refractivity contribution in [2.75, 3.05) is 0 Å². The Balaban J connectivity index is 1.66. The standard InChI is InChI=1S/C13H13N3OS2/c1-2-11-15-16-12(17-11)8-19-13-14-10-6-4-3-5-9(10)7-18-13/h3-6H,2,7-8H2,1H3. The molecule has 6 heteroatoms. The van der Waals surface area contributed by atoms with Crippen LogP contribution in [0.2, 0.25) is 0 Å². The fourth-order valence-electron chi connectivity index (χ4n) is 1.70. The summed E-state index contributed by atoms with van der Waals surface area (Å²) in [5.74, 6) is 3.02. The van der Waals surface area contributed by atoms with Gasteiger partial charge in [0.25, 0.3) is 0 Å². The van der Waals surface area contributed by atoms with E-state index in [4.69, 9.17) is 4.42 Å². The topological polar surface area (TPSA) is 51.3 Å². The van der Waals surface area contributed by atoms with Crippen molar-refractivity contribution in [3.63, 3.8) is 0 Å². The fraction of sp³-hybridized carbons (Fsp3) is 0.308. The molecule has 1 aliphatic heterocycles. The molecular formula is C13H13N3OS2. The van der Waals surface area contributed by atoms with Gasteiger partial charge in [0.15, 0.2) is 0 Å². The van der Waals surface area contributed by atoms with Gasteiger partial charge in [0.2, 0.25) is 11.8 Å². The lowest BCUT2D eigenvalue weighted by Gasteiger charge is -2.13. The molecule has 0 N–H and O–H groups in total. The van der Waals surface area contributed by atoms with Gasteiger partial charge in [0, 0.05) is 12.2 Å². The van der Waals surface area contributed by atoms with Gasteiger partial charge in [-0.3, -0.25) is 0 Å². The predicted octanol–water partition coefficient (Wildman–Crippen LogP) is 3.80. The third-order valence-electron chi connectivity index (χ3n) is 2.68. The maximum Gasteiger partial charge on any atom is 0.226 e. The Hall–Kier alpha value is -1.27. The molecule has 4 nitrogen and oxygen atoms in total. The molecule has 0 atom stereocenters. The minimum atomic E-state index is 0.670. The van der Waals surface area contributed by atoms with Gasteiger partial charge in [-0.1, -0.05) is 48.6 Å². The molecule has 1 aromatic heterocycles. The Bertz CT molecular complexity index is 609. The molecule has 0 amide bonds. The van der Waals surface area contributed by atoms with Crippen LogP contribution in [0.25, 0.3) is 0 Å². The molecule has 2 heterocycles. The second kappa shape index (κ2) is 5.79. The van der Waals surface area contributed by atoms with Gasteiger partial charge in [0.05, 0.1) is 11.4 Å². The largest absolute Gasteiger partial charge is 0.424 e. The highest BCUT2D eigenvalue weighted by molar-refractivity contribution is 8.38. The SMILES string of the molecule is CCc1nnc(CSC2=Nc3ccccc3CS2)o1. The van der Waals surface area contributed by atoms with E-state index in [1.54, 1.807) is 23.5 Å². The summed E-state index contributed by atoms with van der Waals surface area (Å²) in [5, 5.41) is 7.97. The maximum absolute atomic E-state index is 5.49. The number of benzene rings is 1. The molecule has 1 aromatic carbocycles. The summed E-state index contributed by atoms with van der Waals surface area (Å²) in [6.45, 7) is 2.00. The molecular weight excluding hydrogens is 278 g/mol. The summed E-state index contributed by atoms with van der Waals surface area (Å²) in [4.78, 5) is 4.64. The van der Waals surface area contributed by atoms with Crippen LogP contribution in [0.15, 0.2) is 33.7 Å². The number of para-hydroxylation sites is 1. The molecule has 0 unspecified atom stereocenters. The molecule has 98 valence electrons. The summed E-state index contributed by atoms with van der Waals surface area (Å²) >= 11 is 3.42. The number of rotatable bonds is 3. The molecule has 19 heavy (non-hydrogen) atoms. The number of hydrogen-bond donors (Lipinski definition) is 0. The first kappa shape index (κ1) is 12.7. The summed E-state index contributed by atoms with van der Waals surface area (Å²) in [5.41, 5.74) is 2.37. The van der Waals surface area contributed by atoms with E-state index in [0.717, 1.165) is 22.2 Å². The number of aromatic nitrogens is 2. The third-order valence-corrected chi connectivity index (χ3v) is 4.91. The third kappa shape index (κ3) is 3.01. The maximum atomic E-state index is 5.49. The van der Waals surface area contributed by atoms with Crippen molar-refractivity contribution in [3.8, 4) is 0 Å². The van der Waals surface area contributed by atoms with Crippen molar-refractivity contribution >= 4 is 33.6 Å². The minimum absolute atomic E-state index is 0.670. The Kier molecular flexibility index (Phi) is 3.89. The lowest BCUT2D eigenvalue weighted by atomic mass is 10.2. The second-order valence-electron chi connectivity index (χ2n) is 4.03. The van der Waals surface area contributed by atoms with E-state index < -0.39 is 0 Å². The number of aliphatic imine (C=N–C) groups is 1. The molecule has 0 saturated heterocycles. The molecule has 0 fully saturated rings. The highest BCUT2D eigenvalue weighted by Crippen LogP contribution is 2.35. The first-order chi connectivity index (χ1) is 9.35. The zero-order chi connectivity index (χ0) is 13.1. The lowest BCUT2D eigenvalue weighted by molar-refractivity contribution is 0.470. The fourth-order valence-corrected chi connectivity index (χ4v) is 3.60. The van der Waals surface area contributed by atoms with Crippen LogP contribution in [-0.4, -0.2) is 14.6 Å². The number of fused-ring (bicyclic) bond motifs is 1. The summed E-state index contributed by atoms with van der Waals surface area (Å²) in [6, 6.07) is 8.25. The van der Waals surface area contributed by atoms with Gasteiger partial charge in [-0.2, -0.15) is 0 Å². The Labute approximate surface area is 120 Å². The van der Waals surface area contributed by atoms with Gasteiger partial charge in [-0.05, 0) is 11.6 Å². The van der Waals surface area contributed by atoms with Gasteiger partial charge in [-0.25, -0.2) is 4.99 Å². The van der Waals surface area contributed by atoms with Crippen molar-refractivity contribution in [2.24, 2.45) is 4.99 Å². The van der Waals surface area contributed by atoms with E-state index in [2.05, 4.69) is 33.4 Å². The minimum Gasteiger partial charge on any atom is -0.424 e. The highest BCUT2D eigenvalue weighted by atomic mass is 32.2. The molecule has 0 bridgehead atoms. The normalized spacial score (nSPS) is 14.1. The average molecular weight is 291 g/mol. The Morgan fingerprint density at radius 2 is 2.11 bits per heavy atom. The van der Waals surface area contributed by atoms with Crippen LogP contribution in [-0.2, 0) is 17.9 Å². The van der Waals surface area contributed by atoms with Crippen molar-refractivity contribution in [3.05, 3.63) is 41.6 Å². The number of nitrogens with zero attached hydrogens (tertiary/aromatic N) is 3. The van der Waals surface area contributed by atoms with Crippen LogP contribution in [0.4, 0.5) is 5.69 Å². The van der Waals surface area contributed by atoms with Gasteiger partial charge in [0.1, 0.15) is 4.38 Å². The van der Waals surface area contributed by atoms with Gasteiger partial charge < -0.3 is 4.42 Å². The predicted molar refractivity (Wildman–Crippen MR) is 79.8 cm³/mol. The van der Waals surface area contributed by atoms with Crippen LogP contribution in [0, 0.1) is 0 Å². The van der Waals surface area contributed by atoms with Crippen molar-refractivity contribution in [1.29, 1.82) is 0 Å². The molecule has 0 aliphatic carbocycles. The van der Waals surface area contributed by atoms with Crippen LogP contribution >= 0.6 is 23.5 Å². The zero-order valence-electron chi connectivity index (χ0n) is 10.5. The van der Waals surface area contributed by atoms with Gasteiger partial charge in [-0.15, -0.1) is 10.2 Å². The second-order valence-corrected chi connectivity index (χ2v) is 6.21. The first-order valence-corrected chi connectivity index (χ1v) is 8.05. The van der Waals surface area contributed by atoms with Crippen molar-refractivity contribution in [2.45, 2.75) is 24.9 Å². The number of aryl methyl sites for hydroxylation is 1. The summed E-state index contributed by atoms with van der Waals surface area (Å²) in [6.07, 6.45) is 0.779. The van der Waals surface area contributed by atoms with E-state index in [-0.39, 0.29) is 0 Å². The van der Waals surface area contributed by atoms with Crippen LogP contribution in [0.5, 0.6) is 0 Å². The van der Waals surface area contributed by atoms with E-state index >= 15 is 0 Å². The quantitative estimate of drug-likeness (QED) is 0.861. The smallest absolute Gasteiger partial charge is 0.226 e. The Morgan fingerprint density at radius 3 is 2.95 bits per heavy atom. The van der Waals surface area contributed by atoms with Crippen LogP contribution in [0.1, 0.15) is 24.3 Å². The molecule has 0 spiro atoms. The van der Waals surface area contributed by atoms with Crippen LogP contribution < -0.4 is 0 Å². The van der Waals surface area contributed by atoms with E-state index in [1.807, 2.05) is 13.0 Å². The van der Waals surface area contributed by atoms with Crippen LogP contribution in [0.3, 0.4) is 0 Å². The van der Waals surface area contributed by atoms with E-state index in [1.165, 1.54) is 5.56 Å². The van der Waals surface area contributed by atoms with Crippen molar-refractivity contribution in [1.82, 2.24) is 10.2 Å². The Morgan fingerprint density at radius 1 is 1.26 bits per heavy atom. The average Bonchev–Trinajstić information content (AvgIpc) is 2.93. The van der Waals surface area contributed by atoms with E-state index in [0.29, 0.717) is 17.5 Å². The molecule has 1 aliphatic rings. The number of hydrogen-bond acceptors (Lipinski definition) is 6. The lowest BCUT2D eigenvalue weighted by Crippen LogP contribution is -1.96. The molecule has 2 aromatic rings. The zero-order valence-corrected chi connectivity index (χ0v) is 12.1. The first-order valence-electron chi connectivity index (χ1n) is 6.08. The molecule has 3 rings (SSSR count). The summed E-state index contributed by atoms with van der Waals surface area (Å²) < 4.78 is 6.55. The van der Waals surface area contributed by atoms with Gasteiger partial charge >= 0.3 is 0 Å². The van der Waals surface area contributed by atoms with Crippen molar-refractivity contribution < 1.29 is 4.42 Å². The monoisotopic (exact) mass is 291 g/mol. The highest BCUT2D eigenvalue weighted by Gasteiger charge is 2.14. The summed E-state index contributed by atoms with van der Waals surface area (Å²) in [7, 11) is 0. The molecule has 0 saturated carbocycles. The molecule has 0 radical (unpaired) electrons. The van der Waals surface area contributed by atoms with E-state index in [9.17, 15) is 0 Å². The number of thioether (sulfide) groups is 2.